The van der Waals surface area contributed by atoms with Gasteiger partial charge in [-0.15, -0.1) is 0 Å². The minimum atomic E-state index is -4.54. The van der Waals surface area contributed by atoms with E-state index in [0.717, 1.165) is 18.7 Å². The Labute approximate surface area is 223 Å². The van der Waals surface area contributed by atoms with Gasteiger partial charge in [-0.1, -0.05) is 6.07 Å². The monoisotopic (exact) mass is 536 g/mol. The Hall–Kier alpha value is -4.51. The van der Waals surface area contributed by atoms with Gasteiger partial charge in [-0.2, -0.15) is 13.2 Å². The van der Waals surface area contributed by atoms with Crippen LogP contribution in [-0.4, -0.2) is 52.9 Å². The summed E-state index contributed by atoms with van der Waals surface area (Å²) < 4.78 is 45.1. The largest absolute Gasteiger partial charge is 0.438 e. The van der Waals surface area contributed by atoms with Gasteiger partial charge in [0.25, 0.3) is 5.91 Å². The summed E-state index contributed by atoms with van der Waals surface area (Å²) in [4.78, 5) is 27.8. The molecule has 2 aromatic heterocycles. The number of ether oxygens (including phenoxy) is 1. The van der Waals surface area contributed by atoms with E-state index in [1.165, 1.54) is 12.1 Å². The van der Waals surface area contributed by atoms with E-state index in [1.807, 2.05) is 25.1 Å². The van der Waals surface area contributed by atoms with Crippen molar-refractivity contribution in [2.45, 2.75) is 13.1 Å². The van der Waals surface area contributed by atoms with Crippen LogP contribution in [0.2, 0.25) is 0 Å². The number of nitrogens with zero attached hydrogens (tertiary/aromatic N) is 4. The van der Waals surface area contributed by atoms with E-state index in [4.69, 9.17) is 4.74 Å². The van der Waals surface area contributed by atoms with Crippen LogP contribution in [0.15, 0.2) is 73.1 Å². The first-order chi connectivity index (χ1) is 18.6. The molecule has 4 aromatic rings. The van der Waals surface area contributed by atoms with Gasteiger partial charge < -0.3 is 20.3 Å². The second-order valence-corrected chi connectivity index (χ2v) is 8.97. The number of carbonyl (C=O) groups excluding carboxylic acids is 1. The van der Waals surface area contributed by atoms with Crippen molar-refractivity contribution in [2.75, 3.05) is 37.8 Å². The molecule has 0 unspecified atom stereocenters. The molecule has 0 aliphatic carbocycles. The minimum absolute atomic E-state index is 0.0960. The summed E-state index contributed by atoms with van der Waals surface area (Å²) in [5.41, 5.74) is 1.40. The van der Waals surface area contributed by atoms with E-state index in [1.54, 1.807) is 49.6 Å². The molecule has 0 aliphatic heterocycles. The highest BCUT2D eigenvalue weighted by Crippen LogP contribution is 2.33. The number of aryl methyl sites for hydroxylation is 1. The van der Waals surface area contributed by atoms with Gasteiger partial charge in [0.1, 0.15) is 5.75 Å². The van der Waals surface area contributed by atoms with Crippen LogP contribution in [-0.2, 0) is 6.18 Å². The average Bonchev–Trinajstić information content (AvgIpc) is 2.90. The summed E-state index contributed by atoms with van der Waals surface area (Å²) in [5.74, 6) is 0.658. The number of hydrogen-bond acceptors (Lipinski definition) is 7. The Morgan fingerprint density at radius 2 is 1.82 bits per heavy atom. The first-order valence-corrected chi connectivity index (χ1v) is 12.0. The molecule has 0 saturated heterocycles. The number of nitrogens with one attached hydrogen (secondary N) is 2. The van der Waals surface area contributed by atoms with Crippen molar-refractivity contribution in [1.82, 2.24) is 19.9 Å². The maximum absolute atomic E-state index is 13.0. The van der Waals surface area contributed by atoms with E-state index >= 15 is 0 Å². The molecule has 0 radical (unpaired) electrons. The lowest BCUT2D eigenvalue weighted by Gasteiger charge is -2.14. The van der Waals surface area contributed by atoms with Crippen LogP contribution in [0.5, 0.6) is 11.6 Å². The Balaban J connectivity index is 1.49. The summed E-state index contributed by atoms with van der Waals surface area (Å²) >= 11 is 0. The standard InChI is InChI=1S/C28H27F3N6O2/c1-18-16-21(35-25(38)19-6-4-7-20(17-19)28(29,30)31)9-10-24(18)39-26-22(8-5-12-32-26)23-11-13-33-27(36-23)34-14-15-37(2)3/h4-13,16-17H,14-15H2,1-3H3,(H,35,38)(H,33,34,36). The van der Waals surface area contributed by atoms with Crippen molar-refractivity contribution in [1.29, 1.82) is 0 Å². The van der Waals surface area contributed by atoms with Gasteiger partial charge in [-0.3, -0.25) is 4.79 Å². The number of amides is 1. The smallest absolute Gasteiger partial charge is 0.416 e. The topological polar surface area (TPSA) is 92.3 Å². The normalized spacial score (nSPS) is 11.4. The van der Waals surface area contributed by atoms with Crippen molar-refractivity contribution in [3.63, 3.8) is 0 Å². The SMILES string of the molecule is Cc1cc(NC(=O)c2cccc(C(F)(F)F)c2)ccc1Oc1ncccc1-c1ccnc(NCCN(C)C)n1. The molecule has 11 heteroatoms. The third kappa shape index (κ3) is 7.29. The molecule has 39 heavy (non-hydrogen) atoms. The van der Waals surface area contributed by atoms with Crippen molar-refractivity contribution >= 4 is 17.5 Å². The molecule has 0 saturated carbocycles. The Bertz CT molecular complexity index is 1460. The molecule has 0 atom stereocenters. The summed E-state index contributed by atoms with van der Waals surface area (Å²) in [5, 5.41) is 5.82. The van der Waals surface area contributed by atoms with E-state index in [2.05, 4.69) is 25.6 Å². The Kier molecular flexibility index (Phi) is 8.40. The van der Waals surface area contributed by atoms with Crippen LogP contribution in [0.4, 0.5) is 24.8 Å². The average molecular weight is 537 g/mol. The molecule has 2 aromatic carbocycles. The Morgan fingerprint density at radius 3 is 2.56 bits per heavy atom. The summed E-state index contributed by atoms with van der Waals surface area (Å²) in [6.07, 6.45) is -1.27. The highest BCUT2D eigenvalue weighted by molar-refractivity contribution is 6.04. The second kappa shape index (κ2) is 11.9. The minimum Gasteiger partial charge on any atom is -0.438 e. The van der Waals surface area contributed by atoms with Crippen LogP contribution in [0.25, 0.3) is 11.3 Å². The van der Waals surface area contributed by atoms with Crippen LogP contribution in [0.1, 0.15) is 21.5 Å². The molecular weight excluding hydrogens is 509 g/mol. The zero-order valence-electron chi connectivity index (χ0n) is 21.6. The summed E-state index contributed by atoms with van der Waals surface area (Å²) in [7, 11) is 3.97. The predicted octanol–water partition coefficient (Wildman–Crippen LogP) is 5.88. The third-order valence-electron chi connectivity index (χ3n) is 5.64. The van der Waals surface area contributed by atoms with E-state index in [9.17, 15) is 18.0 Å². The number of alkyl halides is 3. The fourth-order valence-corrected chi connectivity index (χ4v) is 3.64. The zero-order chi connectivity index (χ0) is 28.0. The molecule has 0 spiro atoms. The van der Waals surface area contributed by atoms with Gasteiger partial charge >= 0.3 is 6.18 Å². The molecule has 2 heterocycles. The molecule has 0 fully saturated rings. The van der Waals surface area contributed by atoms with Gasteiger partial charge in [0.2, 0.25) is 11.8 Å². The van der Waals surface area contributed by atoms with Gasteiger partial charge in [0, 0.05) is 36.7 Å². The first kappa shape index (κ1) is 27.5. The summed E-state index contributed by atoms with van der Waals surface area (Å²) in [6.45, 7) is 3.29. The fraction of sp³-hybridized carbons (Fsp3) is 0.214. The highest BCUT2D eigenvalue weighted by Gasteiger charge is 2.30. The fourth-order valence-electron chi connectivity index (χ4n) is 3.64. The van der Waals surface area contributed by atoms with Gasteiger partial charge in [0.05, 0.1) is 16.8 Å². The third-order valence-corrected chi connectivity index (χ3v) is 5.64. The van der Waals surface area contributed by atoms with Crippen molar-refractivity contribution < 1.29 is 22.7 Å². The van der Waals surface area contributed by atoms with Crippen LogP contribution >= 0.6 is 0 Å². The van der Waals surface area contributed by atoms with Crippen LogP contribution in [0, 0.1) is 6.92 Å². The molecule has 1 amide bonds. The number of anilines is 2. The van der Waals surface area contributed by atoms with Crippen LogP contribution in [0.3, 0.4) is 0 Å². The lowest BCUT2D eigenvalue weighted by atomic mass is 10.1. The van der Waals surface area contributed by atoms with Gasteiger partial charge in [-0.05, 0) is 81.2 Å². The predicted molar refractivity (Wildman–Crippen MR) is 143 cm³/mol. The van der Waals surface area contributed by atoms with E-state index in [0.29, 0.717) is 46.6 Å². The second-order valence-electron chi connectivity index (χ2n) is 8.97. The number of aromatic nitrogens is 3. The van der Waals surface area contributed by atoms with Gasteiger partial charge in [0.15, 0.2) is 0 Å². The number of carbonyl (C=O) groups is 1. The van der Waals surface area contributed by atoms with Crippen molar-refractivity contribution in [3.8, 4) is 22.9 Å². The van der Waals surface area contributed by atoms with E-state index in [-0.39, 0.29) is 5.56 Å². The summed E-state index contributed by atoms with van der Waals surface area (Å²) in [6, 6.07) is 14.6. The molecule has 4 rings (SSSR count). The quantitative estimate of drug-likeness (QED) is 0.276. The number of pyridine rings is 1. The number of benzene rings is 2. The van der Waals surface area contributed by atoms with Crippen molar-refractivity contribution in [3.05, 3.63) is 89.7 Å². The molecule has 0 bridgehead atoms. The van der Waals surface area contributed by atoms with E-state index < -0.39 is 17.6 Å². The molecule has 202 valence electrons. The number of halogens is 3. The molecule has 8 nitrogen and oxygen atoms in total. The van der Waals surface area contributed by atoms with Crippen molar-refractivity contribution in [2.24, 2.45) is 0 Å². The lowest BCUT2D eigenvalue weighted by Crippen LogP contribution is -2.21. The maximum atomic E-state index is 13.0. The van der Waals surface area contributed by atoms with Gasteiger partial charge in [-0.25, -0.2) is 15.0 Å². The number of rotatable bonds is 9. The molecule has 0 aliphatic rings. The molecular formula is C28H27F3N6O2. The van der Waals surface area contributed by atoms with Crippen LogP contribution < -0.4 is 15.4 Å². The highest BCUT2D eigenvalue weighted by atomic mass is 19.4. The lowest BCUT2D eigenvalue weighted by molar-refractivity contribution is -0.137. The molecule has 2 N–H and O–H groups in total. The first-order valence-electron chi connectivity index (χ1n) is 12.0. The zero-order valence-corrected chi connectivity index (χ0v) is 21.6. The maximum Gasteiger partial charge on any atom is 0.416 e. The number of hydrogen-bond donors (Lipinski definition) is 2. The number of likely N-dealkylation sites (N-methyl/N-ethyl adjacent to an activating group) is 1. The Morgan fingerprint density at radius 1 is 1.00 bits per heavy atom.